The minimum absolute atomic E-state index is 0.196. The number of rotatable bonds is 7. The highest BCUT2D eigenvalue weighted by molar-refractivity contribution is 5.20. The molecule has 0 amide bonds. The lowest BCUT2D eigenvalue weighted by molar-refractivity contribution is 0.276. The number of hydrogen-bond acceptors (Lipinski definition) is 2. The monoisotopic (exact) mass is 238 g/mol. The summed E-state index contributed by atoms with van der Waals surface area (Å²) >= 11 is 0. The lowest BCUT2D eigenvalue weighted by Crippen LogP contribution is -2.28. The SMILES string of the molecule is CCCN(CC)CCC(N)c1ccccc1F. The van der Waals surface area contributed by atoms with Gasteiger partial charge < -0.3 is 10.6 Å². The Labute approximate surface area is 104 Å². The Morgan fingerprint density at radius 2 is 1.94 bits per heavy atom. The van der Waals surface area contributed by atoms with Crippen molar-refractivity contribution in [2.45, 2.75) is 32.7 Å². The molecule has 1 unspecified atom stereocenters. The highest BCUT2D eigenvalue weighted by atomic mass is 19.1. The molecule has 2 nitrogen and oxygen atoms in total. The molecule has 17 heavy (non-hydrogen) atoms. The Kier molecular flexibility index (Phi) is 6.16. The van der Waals surface area contributed by atoms with Crippen molar-refractivity contribution in [2.75, 3.05) is 19.6 Å². The normalized spacial score (nSPS) is 13.0. The fourth-order valence-corrected chi connectivity index (χ4v) is 2.00. The molecule has 0 aliphatic heterocycles. The summed E-state index contributed by atoms with van der Waals surface area (Å²) in [5.41, 5.74) is 6.65. The summed E-state index contributed by atoms with van der Waals surface area (Å²) in [5, 5.41) is 0. The first-order valence-electron chi connectivity index (χ1n) is 6.41. The number of halogens is 1. The number of nitrogens with zero attached hydrogens (tertiary/aromatic N) is 1. The molecule has 0 aliphatic rings. The van der Waals surface area contributed by atoms with Crippen LogP contribution < -0.4 is 5.73 Å². The van der Waals surface area contributed by atoms with Gasteiger partial charge in [-0.25, -0.2) is 4.39 Å². The highest BCUT2D eigenvalue weighted by Gasteiger charge is 2.11. The van der Waals surface area contributed by atoms with Crippen LogP contribution in [0.15, 0.2) is 24.3 Å². The summed E-state index contributed by atoms with van der Waals surface area (Å²) in [4.78, 5) is 2.35. The Morgan fingerprint density at radius 3 is 2.53 bits per heavy atom. The second-order valence-electron chi connectivity index (χ2n) is 4.35. The fraction of sp³-hybridized carbons (Fsp3) is 0.571. The quantitative estimate of drug-likeness (QED) is 0.791. The number of benzene rings is 1. The molecule has 1 aromatic carbocycles. The van der Waals surface area contributed by atoms with Crippen LogP contribution in [0.25, 0.3) is 0 Å². The van der Waals surface area contributed by atoms with Gasteiger partial charge >= 0.3 is 0 Å². The van der Waals surface area contributed by atoms with Gasteiger partial charge in [0.05, 0.1) is 0 Å². The molecule has 1 aromatic rings. The molecule has 1 rings (SSSR count). The summed E-state index contributed by atoms with van der Waals surface area (Å²) in [6.07, 6.45) is 1.94. The van der Waals surface area contributed by atoms with Gasteiger partial charge in [-0.15, -0.1) is 0 Å². The van der Waals surface area contributed by atoms with E-state index >= 15 is 0 Å². The van der Waals surface area contributed by atoms with Gasteiger partial charge in [-0.1, -0.05) is 32.0 Å². The van der Waals surface area contributed by atoms with E-state index in [4.69, 9.17) is 5.73 Å². The van der Waals surface area contributed by atoms with Crippen molar-refractivity contribution in [2.24, 2.45) is 5.73 Å². The van der Waals surface area contributed by atoms with E-state index in [-0.39, 0.29) is 11.9 Å². The molecule has 3 heteroatoms. The van der Waals surface area contributed by atoms with E-state index in [2.05, 4.69) is 18.7 Å². The van der Waals surface area contributed by atoms with Crippen LogP contribution in [-0.2, 0) is 0 Å². The average Bonchev–Trinajstić information content (AvgIpc) is 2.34. The van der Waals surface area contributed by atoms with E-state index in [0.29, 0.717) is 5.56 Å². The molecule has 0 heterocycles. The standard InChI is InChI=1S/C14H23FN2/c1-3-10-17(4-2)11-9-14(16)12-7-5-6-8-13(12)15/h5-8,14H,3-4,9-11,16H2,1-2H3. The Hall–Kier alpha value is -0.930. The molecule has 0 radical (unpaired) electrons. The van der Waals surface area contributed by atoms with Crippen LogP contribution in [0, 0.1) is 5.82 Å². The van der Waals surface area contributed by atoms with Gasteiger partial charge in [0, 0.05) is 11.6 Å². The average molecular weight is 238 g/mol. The lowest BCUT2D eigenvalue weighted by Gasteiger charge is -2.22. The van der Waals surface area contributed by atoms with Crippen molar-refractivity contribution < 1.29 is 4.39 Å². The van der Waals surface area contributed by atoms with Gasteiger partial charge in [-0.05, 0) is 38.5 Å². The molecule has 1 atom stereocenters. The third kappa shape index (κ3) is 4.44. The summed E-state index contributed by atoms with van der Waals surface area (Å²) in [6, 6.07) is 6.57. The number of hydrogen-bond donors (Lipinski definition) is 1. The van der Waals surface area contributed by atoms with Crippen LogP contribution in [0.5, 0.6) is 0 Å². The van der Waals surface area contributed by atoms with E-state index in [1.54, 1.807) is 12.1 Å². The molecule has 0 saturated heterocycles. The molecule has 2 N–H and O–H groups in total. The maximum absolute atomic E-state index is 13.5. The molecule has 0 fully saturated rings. The van der Waals surface area contributed by atoms with Crippen molar-refractivity contribution in [3.8, 4) is 0 Å². The van der Waals surface area contributed by atoms with Gasteiger partial charge in [0.1, 0.15) is 5.82 Å². The summed E-state index contributed by atoms with van der Waals surface area (Å²) in [5.74, 6) is -0.196. The van der Waals surface area contributed by atoms with Crippen LogP contribution in [0.2, 0.25) is 0 Å². The van der Waals surface area contributed by atoms with Crippen molar-refractivity contribution in [3.05, 3.63) is 35.6 Å². The summed E-state index contributed by atoms with van der Waals surface area (Å²) in [6.45, 7) is 7.35. The summed E-state index contributed by atoms with van der Waals surface area (Å²) < 4.78 is 13.5. The molecule has 0 aliphatic carbocycles. The van der Waals surface area contributed by atoms with Crippen LogP contribution in [0.1, 0.15) is 38.3 Å². The van der Waals surface area contributed by atoms with Crippen molar-refractivity contribution >= 4 is 0 Å². The molecule has 0 aromatic heterocycles. The molecular weight excluding hydrogens is 215 g/mol. The third-order valence-corrected chi connectivity index (χ3v) is 3.05. The zero-order valence-electron chi connectivity index (χ0n) is 10.8. The zero-order valence-corrected chi connectivity index (χ0v) is 10.8. The lowest BCUT2D eigenvalue weighted by atomic mass is 10.0. The molecular formula is C14H23FN2. The summed E-state index contributed by atoms with van der Waals surface area (Å²) in [7, 11) is 0. The van der Waals surface area contributed by atoms with Gasteiger partial charge in [0.2, 0.25) is 0 Å². The van der Waals surface area contributed by atoms with Crippen molar-refractivity contribution in [1.29, 1.82) is 0 Å². The smallest absolute Gasteiger partial charge is 0.127 e. The van der Waals surface area contributed by atoms with Gasteiger partial charge in [-0.3, -0.25) is 0 Å². The first kappa shape index (κ1) is 14.1. The first-order valence-corrected chi connectivity index (χ1v) is 6.41. The van der Waals surface area contributed by atoms with E-state index < -0.39 is 0 Å². The van der Waals surface area contributed by atoms with Crippen LogP contribution in [-0.4, -0.2) is 24.5 Å². The van der Waals surface area contributed by atoms with E-state index in [1.165, 1.54) is 6.07 Å². The van der Waals surface area contributed by atoms with Crippen molar-refractivity contribution in [3.63, 3.8) is 0 Å². The van der Waals surface area contributed by atoms with Crippen LogP contribution in [0.3, 0.4) is 0 Å². The number of nitrogens with two attached hydrogens (primary N) is 1. The van der Waals surface area contributed by atoms with E-state index in [9.17, 15) is 4.39 Å². The third-order valence-electron chi connectivity index (χ3n) is 3.05. The Bertz CT molecular complexity index is 328. The van der Waals surface area contributed by atoms with Gasteiger partial charge in [0.25, 0.3) is 0 Å². The predicted octanol–water partition coefficient (Wildman–Crippen LogP) is 2.95. The first-order chi connectivity index (χ1) is 8.19. The second kappa shape index (κ2) is 7.41. The fourth-order valence-electron chi connectivity index (χ4n) is 2.00. The topological polar surface area (TPSA) is 29.3 Å². The minimum atomic E-state index is -0.206. The molecule has 0 saturated carbocycles. The predicted molar refractivity (Wildman–Crippen MR) is 70.4 cm³/mol. The van der Waals surface area contributed by atoms with E-state index in [1.807, 2.05) is 6.07 Å². The zero-order chi connectivity index (χ0) is 12.7. The maximum Gasteiger partial charge on any atom is 0.127 e. The Morgan fingerprint density at radius 1 is 1.24 bits per heavy atom. The molecule has 0 spiro atoms. The second-order valence-corrected chi connectivity index (χ2v) is 4.35. The molecule has 0 bridgehead atoms. The van der Waals surface area contributed by atoms with E-state index in [0.717, 1.165) is 32.5 Å². The maximum atomic E-state index is 13.5. The highest BCUT2D eigenvalue weighted by Crippen LogP contribution is 2.17. The van der Waals surface area contributed by atoms with Crippen LogP contribution in [0.4, 0.5) is 4.39 Å². The van der Waals surface area contributed by atoms with Crippen molar-refractivity contribution in [1.82, 2.24) is 4.90 Å². The van der Waals surface area contributed by atoms with Gasteiger partial charge in [-0.2, -0.15) is 0 Å². The molecule has 96 valence electrons. The Balaban J connectivity index is 2.49. The largest absolute Gasteiger partial charge is 0.324 e. The van der Waals surface area contributed by atoms with Gasteiger partial charge in [0.15, 0.2) is 0 Å². The minimum Gasteiger partial charge on any atom is -0.324 e. The van der Waals surface area contributed by atoms with Crippen LogP contribution >= 0.6 is 0 Å².